The second-order valence-corrected chi connectivity index (χ2v) is 5.33. The van der Waals surface area contributed by atoms with Gasteiger partial charge in [0.15, 0.2) is 0 Å². The second kappa shape index (κ2) is 7.46. The third kappa shape index (κ3) is 5.17. The minimum Gasteiger partial charge on any atom is -0.358 e. The molecule has 0 fully saturated rings. The molecular formula is C14H20ClFN2O. The highest BCUT2D eigenvalue weighted by Gasteiger charge is 2.17. The molecule has 0 spiro atoms. The van der Waals surface area contributed by atoms with E-state index in [-0.39, 0.29) is 17.0 Å². The number of halogens is 2. The van der Waals surface area contributed by atoms with Gasteiger partial charge in [0.05, 0.1) is 11.1 Å². The van der Waals surface area contributed by atoms with Gasteiger partial charge in [0.1, 0.15) is 5.82 Å². The van der Waals surface area contributed by atoms with Crippen LogP contribution in [0.2, 0.25) is 5.02 Å². The predicted molar refractivity (Wildman–Crippen MR) is 75.6 cm³/mol. The van der Waals surface area contributed by atoms with Gasteiger partial charge >= 0.3 is 0 Å². The maximum absolute atomic E-state index is 13.0. The van der Waals surface area contributed by atoms with Crippen molar-refractivity contribution in [3.63, 3.8) is 0 Å². The number of rotatable bonds is 6. The molecule has 0 aliphatic carbocycles. The molecule has 106 valence electrons. The monoisotopic (exact) mass is 286 g/mol. The molecule has 1 aromatic rings. The highest BCUT2D eigenvalue weighted by molar-refractivity contribution is 6.30. The zero-order valence-corrected chi connectivity index (χ0v) is 12.2. The van der Waals surface area contributed by atoms with Crippen molar-refractivity contribution in [1.29, 1.82) is 0 Å². The normalized spacial score (nSPS) is 12.5. The molecule has 0 saturated heterocycles. The lowest BCUT2D eigenvalue weighted by molar-refractivity contribution is -0.123. The maximum atomic E-state index is 13.0. The third-order valence-corrected chi connectivity index (χ3v) is 3.10. The van der Waals surface area contributed by atoms with Crippen molar-refractivity contribution in [3.05, 3.63) is 34.6 Å². The van der Waals surface area contributed by atoms with Crippen molar-refractivity contribution in [2.45, 2.75) is 32.9 Å². The van der Waals surface area contributed by atoms with Crippen molar-refractivity contribution >= 4 is 17.5 Å². The Balaban J connectivity index is 2.64. The summed E-state index contributed by atoms with van der Waals surface area (Å²) in [4.78, 5) is 11.7. The summed E-state index contributed by atoms with van der Waals surface area (Å²) in [6, 6.07) is 4.30. The molecule has 1 unspecified atom stereocenters. The molecule has 0 aliphatic heterocycles. The first-order chi connectivity index (χ1) is 8.93. The molecule has 0 aromatic heterocycles. The molecule has 2 N–H and O–H groups in total. The van der Waals surface area contributed by atoms with Gasteiger partial charge in [-0.2, -0.15) is 0 Å². The van der Waals surface area contributed by atoms with Crippen LogP contribution in [0.25, 0.3) is 0 Å². The Labute approximate surface area is 118 Å². The van der Waals surface area contributed by atoms with Gasteiger partial charge in [0.25, 0.3) is 0 Å². The zero-order chi connectivity index (χ0) is 14.4. The van der Waals surface area contributed by atoms with Crippen LogP contribution in [0.3, 0.4) is 0 Å². The Morgan fingerprint density at radius 1 is 1.42 bits per heavy atom. The van der Waals surface area contributed by atoms with Crippen molar-refractivity contribution < 1.29 is 9.18 Å². The first-order valence-corrected chi connectivity index (χ1v) is 6.70. The number of nitrogens with one attached hydrogen (secondary N) is 2. The Hall–Kier alpha value is -1.13. The van der Waals surface area contributed by atoms with Crippen molar-refractivity contribution in [3.8, 4) is 0 Å². The van der Waals surface area contributed by atoms with E-state index in [4.69, 9.17) is 11.6 Å². The molecule has 3 nitrogen and oxygen atoms in total. The molecule has 1 amide bonds. The molecule has 1 aromatic carbocycles. The van der Waals surface area contributed by atoms with Gasteiger partial charge in [-0.15, -0.1) is 0 Å². The van der Waals surface area contributed by atoms with Crippen molar-refractivity contribution in [2.75, 3.05) is 7.05 Å². The fourth-order valence-corrected chi connectivity index (χ4v) is 2.02. The quantitative estimate of drug-likeness (QED) is 0.844. The van der Waals surface area contributed by atoms with Crippen LogP contribution in [0.15, 0.2) is 18.2 Å². The lowest BCUT2D eigenvalue weighted by Crippen LogP contribution is -2.43. The zero-order valence-electron chi connectivity index (χ0n) is 11.5. The van der Waals surface area contributed by atoms with Crippen LogP contribution in [-0.2, 0) is 11.3 Å². The molecule has 1 atom stereocenters. The summed E-state index contributed by atoms with van der Waals surface area (Å²) in [5.74, 6) is -0.0658. The summed E-state index contributed by atoms with van der Waals surface area (Å²) >= 11 is 5.72. The molecule has 19 heavy (non-hydrogen) atoms. The van der Waals surface area contributed by atoms with Crippen LogP contribution < -0.4 is 10.6 Å². The fraction of sp³-hybridized carbons (Fsp3) is 0.500. The van der Waals surface area contributed by atoms with Crippen LogP contribution in [-0.4, -0.2) is 19.0 Å². The number of hydrogen-bond donors (Lipinski definition) is 2. The van der Waals surface area contributed by atoms with Gasteiger partial charge in [-0.25, -0.2) is 4.39 Å². The predicted octanol–water partition coefficient (Wildman–Crippen LogP) is 2.73. The van der Waals surface area contributed by atoms with E-state index in [0.29, 0.717) is 12.5 Å². The number of carbonyl (C=O) groups is 1. The Bertz CT molecular complexity index is 437. The molecule has 5 heteroatoms. The first kappa shape index (κ1) is 15.9. The van der Waals surface area contributed by atoms with E-state index in [1.54, 1.807) is 19.2 Å². The molecule has 1 rings (SSSR count). The van der Waals surface area contributed by atoms with E-state index in [0.717, 1.165) is 12.0 Å². The highest BCUT2D eigenvalue weighted by atomic mass is 35.5. The largest absolute Gasteiger partial charge is 0.358 e. The Morgan fingerprint density at radius 3 is 2.63 bits per heavy atom. The third-order valence-electron chi connectivity index (χ3n) is 2.81. The summed E-state index contributed by atoms with van der Waals surface area (Å²) in [6.45, 7) is 4.60. The van der Waals surface area contributed by atoms with E-state index < -0.39 is 5.82 Å². The number of benzene rings is 1. The fourth-order valence-electron chi connectivity index (χ4n) is 1.82. The average Bonchev–Trinajstić information content (AvgIpc) is 2.37. The number of carbonyl (C=O) groups excluding carboxylic acids is 1. The van der Waals surface area contributed by atoms with Gasteiger partial charge in [0.2, 0.25) is 5.91 Å². The maximum Gasteiger partial charge on any atom is 0.236 e. The number of hydrogen-bond acceptors (Lipinski definition) is 2. The summed E-state index contributed by atoms with van der Waals surface area (Å²) in [5.41, 5.74) is 0.851. The molecule has 0 radical (unpaired) electrons. The second-order valence-electron chi connectivity index (χ2n) is 4.93. The van der Waals surface area contributed by atoms with Crippen LogP contribution in [0.4, 0.5) is 4.39 Å². The van der Waals surface area contributed by atoms with E-state index in [1.165, 1.54) is 6.07 Å². The van der Waals surface area contributed by atoms with Gasteiger partial charge in [-0.05, 0) is 30.0 Å². The van der Waals surface area contributed by atoms with E-state index in [2.05, 4.69) is 24.5 Å². The van der Waals surface area contributed by atoms with E-state index in [1.807, 2.05) is 0 Å². The summed E-state index contributed by atoms with van der Waals surface area (Å²) in [6.07, 6.45) is 0.745. The topological polar surface area (TPSA) is 41.1 Å². The Morgan fingerprint density at radius 2 is 2.11 bits per heavy atom. The molecule has 0 bridgehead atoms. The lowest BCUT2D eigenvalue weighted by Gasteiger charge is -2.19. The average molecular weight is 287 g/mol. The lowest BCUT2D eigenvalue weighted by atomic mass is 10.0. The van der Waals surface area contributed by atoms with Crippen LogP contribution in [0, 0.1) is 11.7 Å². The SMILES string of the molecule is CNC(=O)C(CC(C)C)NCc1ccc(F)c(Cl)c1. The molecule has 0 heterocycles. The number of amides is 1. The van der Waals surface area contributed by atoms with Crippen LogP contribution >= 0.6 is 11.6 Å². The van der Waals surface area contributed by atoms with Crippen LogP contribution in [0.1, 0.15) is 25.8 Å². The molecule has 0 saturated carbocycles. The minimum absolute atomic E-state index is 0.0399. The van der Waals surface area contributed by atoms with Gasteiger partial charge in [0, 0.05) is 13.6 Å². The Kier molecular flexibility index (Phi) is 6.25. The van der Waals surface area contributed by atoms with E-state index in [9.17, 15) is 9.18 Å². The first-order valence-electron chi connectivity index (χ1n) is 6.33. The molecule has 0 aliphatic rings. The van der Waals surface area contributed by atoms with Gasteiger partial charge < -0.3 is 10.6 Å². The summed E-state index contributed by atoms with van der Waals surface area (Å²) in [7, 11) is 1.62. The smallest absolute Gasteiger partial charge is 0.236 e. The molecular weight excluding hydrogens is 267 g/mol. The number of likely N-dealkylation sites (N-methyl/N-ethyl adjacent to an activating group) is 1. The standard InChI is InChI=1S/C14H20ClFN2O/c1-9(2)6-13(14(19)17-3)18-8-10-4-5-12(16)11(15)7-10/h4-5,7,9,13,18H,6,8H2,1-3H3,(H,17,19). The van der Waals surface area contributed by atoms with Crippen LogP contribution in [0.5, 0.6) is 0 Å². The van der Waals surface area contributed by atoms with Gasteiger partial charge in [-0.3, -0.25) is 4.79 Å². The van der Waals surface area contributed by atoms with Crippen molar-refractivity contribution in [1.82, 2.24) is 10.6 Å². The summed E-state index contributed by atoms with van der Waals surface area (Å²) in [5, 5.41) is 5.91. The minimum atomic E-state index is -0.435. The van der Waals surface area contributed by atoms with Gasteiger partial charge in [-0.1, -0.05) is 31.5 Å². The summed E-state index contributed by atoms with van der Waals surface area (Å²) < 4.78 is 13.0. The van der Waals surface area contributed by atoms with Crippen molar-refractivity contribution in [2.24, 2.45) is 5.92 Å². The van der Waals surface area contributed by atoms with E-state index >= 15 is 0 Å². The highest BCUT2D eigenvalue weighted by Crippen LogP contribution is 2.16.